The Morgan fingerprint density at radius 2 is 1.80 bits per heavy atom. The Bertz CT molecular complexity index is 1280. The largest absolute Gasteiger partial charge is 0.405 e. The number of benzene rings is 2. The number of aromatic nitrogens is 2. The lowest BCUT2D eigenvalue weighted by atomic mass is 9.71. The van der Waals surface area contributed by atoms with Crippen molar-refractivity contribution in [3.8, 4) is 0 Å². The molecule has 2 aliphatic rings. The van der Waals surface area contributed by atoms with E-state index in [-0.39, 0.29) is 11.3 Å². The lowest BCUT2D eigenvalue weighted by molar-refractivity contribution is -0.148. The second-order valence-corrected chi connectivity index (χ2v) is 9.44. The molecule has 0 atom stereocenters. The first-order valence-electron chi connectivity index (χ1n) is 12.3. The van der Waals surface area contributed by atoms with Crippen molar-refractivity contribution in [2.45, 2.75) is 32.2 Å². The molecule has 2 aromatic carbocycles. The van der Waals surface area contributed by atoms with Crippen molar-refractivity contribution in [2.24, 2.45) is 16.1 Å². The summed E-state index contributed by atoms with van der Waals surface area (Å²) in [6.45, 7) is 3.02. The molecule has 0 unspecified atom stereocenters. The van der Waals surface area contributed by atoms with Gasteiger partial charge in [-0.05, 0) is 55.7 Å². The summed E-state index contributed by atoms with van der Waals surface area (Å²) >= 11 is 0. The van der Waals surface area contributed by atoms with Gasteiger partial charge in [0.15, 0.2) is 0 Å². The van der Waals surface area contributed by atoms with Crippen LogP contribution in [0, 0.1) is 5.41 Å². The predicted molar refractivity (Wildman–Crippen MR) is 140 cm³/mol. The van der Waals surface area contributed by atoms with Crippen molar-refractivity contribution in [1.82, 2.24) is 14.9 Å². The first kappa shape index (κ1) is 23.0. The summed E-state index contributed by atoms with van der Waals surface area (Å²) in [5.74, 6) is 1.18. The second-order valence-electron chi connectivity index (χ2n) is 9.44. The van der Waals surface area contributed by atoms with Crippen LogP contribution in [0.5, 0.6) is 0 Å². The van der Waals surface area contributed by atoms with Crippen LogP contribution in [-0.2, 0) is 11.3 Å². The fraction of sp³-hybridized carbons (Fsp3) is 0.357. The molecule has 7 nitrogen and oxygen atoms in total. The molecular formula is C28H32N6O. The molecule has 0 aliphatic carbocycles. The molecule has 1 amide bonds. The number of allylic oxidation sites excluding steroid dienone is 1. The number of amides is 1. The molecule has 2 aliphatic heterocycles. The fourth-order valence-electron chi connectivity index (χ4n) is 5.52. The van der Waals surface area contributed by atoms with Crippen molar-refractivity contribution in [3.05, 3.63) is 78.1 Å². The van der Waals surface area contributed by atoms with E-state index in [4.69, 9.17) is 10.7 Å². The SMILES string of the molecule is CN=C(C=CN)c1ccccc1CN1CCCC2(CCN(c3cnc4ccccc4n3)CC2)C1=O. The number of rotatable bonds is 5. The average Bonchev–Trinajstić information content (AvgIpc) is 2.90. The van der Waals surface area contributed by atoms with Gasteiger partial charge in [-0.25, -0.2) is 4.98 Å². The average molecular weight is 469 g/mol. The van der Waals surface area contributed by atoms with Crippen LogP contribution >= 0.6 is 0 Å². The molecule has 3 heterocycles. The highest BCUT2D eigenvalue weighted by atomic mass is 16.2. The third-order valence-electron chi connectivity index (χ3n) is 7.45. The number of likely N-dealkylation sites (tertiary alicyclic amines) is 1. The van der Waals surface area contributed by atoms with Crippen LogP contribution in [0.1, 0.15) is 36.8 Å². The third kappa shape index (κ3) is 4.50. The van der Waals surface area contributed by atoms with Crippen LogP contribution in [0.2, 0.25) is 0 Å². The van der Waals surface area contributed by atoms with E-state index in [1.165, 1.54) is 6.20 Å². The zero-order valence-corrected chi connectivity index (χ0v) is 20.2. The van der Waals surface area contributed by atoms with Crippen molar-refractivity contribution in [1.29, 1.82) is 0 Å². The van der Waals surface area contributed by atoms with Crippen molar-refractivity contribution in [3.63, 3.8) is 0 Å². The Labute approximate surface area is 206 Å². The van der Waals surface area contributed by atoms with Crippen molar-refractivity contribution in [2.75, 3.05) is 31.6 Å². The molecule has 0 radical (unpaired) electrons. The number of piperidine rings is 2. The lowest BCUT2D eigenvalue weighted by Crippen LogP contribution is -2.53. The van der Waals surface area contributed by atoms with Gasteiger partial charge >= 0.3 is 0 Å². The highest BCUT2D eigenvalue weighted by molar-refractivity contribution is 6.09. The molecule has 35 heavy (non-hydrogen) atoms. The first-order chi connectivity index (χ1) is 17.1. The van der Waals surface area contributed by atoms with Gasteiger partial charge in [0.1, 0.15) is 5.82 Å². The van der Waals surface area contributed by atoms with Gasteiger partial charge in [-0.3, -0.25) is 14.8 Å². The number of fused-ring (bicyclic) bond motifs is 1. The zero-order chi connectivity index (χ0) is 24.3. The normalized spacial score (nSPS) is 18.7. The second kappa shape index (κ2) is 9.86. The molecule has 180 valence electrons. The summed E-state index contributed by atoms with van der Waals surface area (Å²) in [6.07, 6.45) is 8.85. The topological polar surface area (TPSA) is 87.7 Å². The maximum Gasteiger partial charge on any atom is 0.229 e. The highest BCUT2D eigenvalue weighted by Gasteiger charge is 2.45. The van der Waals surface area contributed by atoms with Crippen LogP contribution in [0.4, 0.5) is 5.82 Å². The van der Waals surface area contributed by atoms with E-state index >= 15 is 0 Å². The molecule has 0 bridgehead atoms. The van der Waals surface area contributed by atoms with Crippen LogP contribution in [0.25, 0.3) is 11.0 Å². The zero-order valence-electron chi connectivity index (χ0n) is 20.2. The van der Waals surface area contributed by atoms with Gasteiger partial charge in [0.2, 0.25) is 5.91 Å². The summed E-state index contributed by atoms with van der Waals surface area (Å²) < 4.78 is 0. The number of carbonyl (C=O) groups is 1. The number of aliphatic imine (C=N–C) groups is 1. The van der Waals surface area contributed by atoms with E-state index in [0.29, 0.717) is 6.54 Å². The maximum absolute atomic E-state index is 13.8. The summed E-state index contributed by atoms with van der Waals surface area (Å²) in [4.78, 5) is 31.9. The Kier molecular flexibility index (Phi) is 6.49. The van der Waals surface area contributed by atoms with Gasteiger partial charge < -0.3 is 15.5 Å². The molecule has 7 heteroatoms. The fourth-order valence-corrected chi connectivity index (χ4v) is 5.52. The van der Waals surface area contributed by atoms with E-state index in [2.05, 4.69) is 20.9 Å². The molecule has 0 saturated carbocycles. The molecule has 1 aromatic heterocycles. The molecule has 2 saturated heterocycles. The number of nitrogens with zero attached hydrogens (tertiary/aromatic N) is 5. The number of nitrogens with two attached hydrogens (primary N) is 1. The van der Waals surface area contributed by atoms with E-state index in [9.17, 15) is 4.79 Å². The molecule has 5 rings (SSSR count). The van der Waals surface area contributed by atoms with Gasteiger partial charge in [0, 0.05) is 38.8 Å². The first-order valence-corrected chi connectivity index (χ1v) is 12.3. The van der Waals surface area contributed by atoms with Gasteiger partial charge in [-0.1, -0.05) is 36.4 Å². The van der Waals surface area contributed by atoms with E-state index in [1.807, 2.05) is 59.6 Å². The summed E-state index contributed by atoms with van der Waals surface area (Å²) in [5, 5.41) is 0. The van der Waals surface area contributed by atoms with Crippen LogP contribution < -0.4 is 10.6 Å². The third-order valence-corrected chi connectivity index (χ3v) is 7.45. The number of hydrogen-bond donors (Lipinski definition) is 1. The van der Waals surface area contributed by atoms with Crippen LogP contribution in [0.15, 0.2) is 72.0 Å². The minimum absolute atomic E-state index is 0.284. The number of hydrogen-bond acceptors (Lipinski definition) is 6. The molecular weight excluding hydrogens is 436 g/mol. The van der Waals surface area contributed by atoms with Crippen LogP contribution in [-0.4, -0.2) is 53.2 Å². The van der Waals surface area contributed by atoms with Gasteiger partial charge in [-0.15, -0.1) is 0 Å². The van der Waals surface area contributed by atoms with E-state index < -0.39 is 0 Å². The molecule has 1 spiro atoms. The van der Waals surface area contributed by atoms with Crippen LogP contribution in [0.3, 0.4) is 0 Å². The number of para-hydroxylation sites is 2. The maximum atomic E-state index is 13.8. The minimum atomic E-state index is -0.285. The number of carbonyl (C=O) groups excluding carboxylic acids is 1. The smallest absolute Gasteiger partial charge is 0.229 e. The van der Waals surface area contributed by atoms with Gasteiger partial charge in [0.05, 0.1) is 28.4 Å². The van der Waals surface area contributed by atoms with Crippen molar-refractivity contribution < 1.29 is 4.79 Å². The molecule has 3 aromatic rings. The quantitative estimate of drug-likeness (QED) is 0.573. The summed E-state index contributed by atoms with van der Waals surface area (Å²) in [6, 6.07) is 16.1. The monoisotopic (exact) mass is 468 g/mol. The highest BCUT2D eigenvalue weighted by Crippen LogP contribution is 2.42. The van der Waals surface area contributed by atoms with Crippen molar-refractivity contribution >= 4 is 28.5 Å². The Morgan fingerprint density at radius 1 is 1.06 bits per heavy atom. The van der Waals surface area contributed by atoms with E-state index in [0.717, 1.165) is 79.0 Å². The lowest BCUT2D eigenvalue weighted by Gasteiger charge is -2.46. The van der Waals surface area contributed by atoms with Gasteiger partial charge in [-0.2, -0.15) is 0 Å². The number of anilines is 1. The minimum Gasteiger partial charge on any atom is -0.405 e. The van der Waals surface area contributed by atoms with E-state index in [1.54, 1.807) is 7.05 Å². The van der Waals surface area contributed by atoms with Gasteiger partial charge in [0.25, 0.3) is 0 Å². The Morgan fingerprint density at radius 3 is 2.57 bits per heavy atom. The molecule has 2 fully saturated rings. The predicted octanol–water partition coefficient (Wildman–Crippen LogP) is 3.93. The summed E-state index contributed by atoms with van der Waals surface area (Å²) in [7, 11) is 1.76. The Balaban J connectivity index is 1.31. The Hall–Kier alpha value is -3.74. The standard InChI is InChI=1S/C28H32N6O/c1-30-23(11-15-29)22-8-3-2-7-21(22)20-34-16-6-12-28(27(34)35)13-17-33(18-14-28)26-19-31-24-9-4-5-10-25(24)32-26/h2-5,7-11,15,19H,6,12-14,16-18,20,29H2,1H3. The molecule has 2 N–H and O–H groups in total. The summed E-state index contributed by atoms with van der Waals surface area (Å²) in [5.41, 5.74) is 10.1.